The molecule has 2 aliphatic rings. The minimum absolute atomic E-state index is 0.274. The predicted molar refractivity (Wildman–Crippen MR) is 40.2 cm³/mol. The molecule has 2 nitrogen and oxygen atoms in total. The Morgan fingerprint density at radius 2 is 1.85 bits per heavy atom. The van der Waals surface area contributed by atoms with Crippen LogP contribution in [0, 0.1) is 17.8 Å². The van der Waals surface area contributed by atoms with Gasteiger partial charge < -0.3 is 10.1 Å². The summed E-state index contributed by atoms with van der Waals surface area (Å²) in [6, 6.07) is 0. The van der Waals surface area contributed by atoms with Crippen LogP contribution in [0.1, 0.15) is 0 Å². The fourth-order valence-electron chi connectivity index (χ4n) is 2.10. The summed E-state index contributed by atoms with van der Waals surface area (Å²) >= 11 is 0. The van der Waals surface area contributed by atoms with E-state index < -0.39 is 12.8 Å². The van der Waals surface area contributed by atoms with E-state index in [1.165, 1.54) is 0 Å². The highest BCUT2D eigenvalue weighted by Gasteiger charge is 2.52. The van der Waals surface area contributed by atoms with Crippen molar-refractivity contribution in [1.29, 1.82) is 0 Å². The van der Waals surface area contributed by atoms with E-state index in [9.17, 15) is 13.2 Å². The number of piperidine rings is 1. The maximum atomic E-state index is 11.7. The molecule has 0 spiro atoms. The number of fused-ring (bicyclic) bond motifs is 1. The number of alkyl halides is 3. The van der Waals surface area contributed by atoms with Crippen LogP contribution in [-0.4, -0.2) is 32.5 Å². The van der Waals surface area contributed by atoms with Gasteiger partial charge in [0, 0.05) is 0 Å². The molecule has 0 aromatic carbocycles. The maximum absolute atomic E-state index is 11.7. The van der Waals surface area contributed by atoms with Crippen LogP contribution in [-0.2, 0) is 4.74 Å². The number of hydrogen-bond acceptors (Lipinski definition) is 2. The lowest BCUT2D eigenvalue weighted by molar-refractivity contribution is -0.175. The summed E-state index contributed by atoms with van der Waals surface area (Å²) in [5.41, 5.74) is 0. The Kier molecular flexibility index (Phi) is 2.23. The van der Waals surface area contributed by atoms with Gasteiger partial charge in [0.1, 0.15) is 6.61 Å². The summed E-state index contributed by atoms with van der Waals surface area (Å²) < 4.78 is 39.6. The van der Waals surface area contributed by atoms with Crippen molar-refractivity contribution in [1.82, 2.24) is 5.32 Å². The molecule has 13 heavy (non-hydrogen) atoms. The average molecular weight is 195 g/mol. The molecule has 2 rings (SSSR count). The smallest absolute Gasteiger partial charge is 0.372 e. The lowest BCUT2D eigenvalue weighted by atomic mass is 10.3. The minimum atomic E-state index is -4.18. The number of halogens is 3. The lowest BCUT2D eigenvalue weighted by Gasteiger charge is -2.08. The van der Waals surface area contributed by atoms with Crippen molar-refractivity contribution in [2.75, 3.05) is 26.3 Å². The second-order valence-electron chi connectivity index (χ2n) is 3.78. The Balaban J connectivity index is 1.60. The van der Waals surface area contributed by atoms with E-state index in [-0.39, 0.29) is 6.61 Å². The van der Waals surface area contributed by atoms with Crippen molar-refractivity contribution >= 4 is 0 Å². The van der Waals surface area contributed by atoms with Crippen LogP contribution in [0.15, 0.2) is 0 Å². The zero-order chi connectivity index (χ0) is 9.47. The fraction of sp³-hybridized carbons (Fsp3) is 1.00. The Bertz CT molecular complexity index is 184. The molecule has 0 bridgehead atoms. The Hall–Kier alpha value is -0.290. The molecule has 76 valence electrons. The molecule has 1 aliphatic heterocycles. The maximum Gasteiger partial charge on any atom is 0.411 e. The van der Waals surface area contributed by atoms with Gasteiger partial charge in [-0.25, -0.2) is 0 Å². The van der Waals surface area contributed by atoms with Gasteiger partial charge in [-0.05, 0) is 30.8 Å². The molecule has 2 fully saturated rings. The normalized spacial score (nSPS) is 37.6. The highest BCUT2D eigenvalue weighted by molar-refractivity contribution is 5.03. The van der Waals surface area contributed by atoms with E-state index in [4.69, 9.17) is 0 Å². The third kappa shape index (κ3) is 2.14. The van der Waals surface area contributed by atoms with E-state index in [2.05, 4.69) is 10.1 Å². The summed E-state index contributed by atoms with van der Waals surface area (Å²) in [4.78, 5) is 0. The van der Waals surface area contributed by atoms with Crippen molar-refractivity contribution in [2.45, 2.75) is 6.18 Å². The highest BCUT2D eigenvalue weighted by Crippen LogP contribution is 2.48. The number of ether oxygens (including phenoxy) is 1. The second kappa shape index (κ2) is 3.13. The van der Waals surface area contributed by atoms with E-state index in [1.54, 1.807) is 0 Å². The first-order chi connectivity index (χ1) is 6.08. The molecule has 1 aliphatic carbocycles. The van der Waals surface area contributed by atoms with Gasteiger partial charge in [0.05, 0.1) is 6.61 Å². The lowest BCUT2D eigenvalue weighted by Crippen LogP contribution is -2.21. The standard InChI is InChI=1S/C8H12F3NO/c9-8(10,11)4-13-3-7-5-1-12-2-6(5)7/h5-7,12H,1-4H2/t5-,6+,7+. The molecule has 3 atom stereocenters. The first kappa shape index (κ1) is 9.27. The van der Waals surface area contributed by atoms with Crippen LogP contribution >= 0.6 is 0 Å². The molecule has 0 unspecified atom stereocenters. The summed E-state index contributed by atoms with van der Waals surface area (Å²) in [6.45, 7) is 1.07. The van der Waals surface area contributed by atoms with E-state index in [0.717, 1.165) is 13.1 Å². The summed E-state index contributed by atoms with van der Waals surface area (Å²) in [6.07, 6.45) is -4.18. The third-order valence-electron chi connectivity index (χ3n) is 2.85. The van der Waals surface area contributed by atoms with Gasteiger partial charge in [-0.15, -0.1) is 0 Å². The first-order valence-corrected chi connectivity index (χ1v) is 4.43. The summed E-state index contributed by atoms with van der Waals surface area (Å²) in [5, 5.41) is 3.18. The molecule has 0 radical (unpaired) electrons. The van der Waals surface area contributed by atoms with E-state index in [0.29, 0.717) is 17.8 Å². The Morgan fingerprint density at radius 3 is 2.38 bits per heavy atom. The molecule has 5 heteroatoms. The number of nitrogens with one attached hydrogen (secondary N) is 1. The van der Waals surface area contributed by atoms with Crippen LogP contribution in [0.3, 0.4) is 0 Å². The van der Waals surface area contributed by atoms with Crippen molar-refractivity contribution in [3.8, 4) is 0 Å². The largest absolute Gasteiger partial charge is 0.411 e. The van der Waals surface area contributed by atoms with Crippen LogP contribution < -0.4 is 5.32 Å². The predicted octanol–water partition coefficient (Wildman–Crippen LogP) is 1.03. The minimum Gasteiger partial charge on any atom is -0.372 e. The van der Waals surface area contributed by atoms with Gasteiger partial charge in [0.25, 0.3) is 0 Å². The van der Waals surface area contributed by atoms with Crippen molar-refractivity contribution in [3.05, 3.63) is 0 Å². The Labute approximate surface area is 74.4 Å². The summed E-state index contributed by atoms with van der Waals surface area (Å²) in [5.74, 6) is 1.53. The monoisotopic (exact) mass is 195 g/mol. The summed E-state index contributed by atoms with van der Waals surface area (Å²) in [7, 11) is 0. The van der Waals surface area contributed by atoms with Gasteiger partial charge in [-0.3, -0.25) is 0 Å². The van der Waals surface area contributed by atoms with Gasteiger partial charge in [-0.1, -0.05) is 0 Å². The fourth-order valence-corrected chi connectivity index (χ4v) is 2.10. The van der Waals surface area contributed by atoms with Gasteiger partial charge in [0.2, 0.25) is 0 Å². The first-order valence-electron chi connectivity index (χ1n) is 4.43. The molecular weight excluding hydrogens is 183 g/mol. The molecule has 0 amide bonds. The van der Waals surface area contributed by atoms with Crippen LogP contribution in [0.5, 0.6) is 0 Å². The van der Waals surface area contributed by atoms with Crippen LogP contribution in [0.25, 0.3) is 0 Å². The zero-order valence-corrected chi connectivity index (χ0v) is 7.10. The second-order valence-corrected chi connectivity index (χ2v) is 3.78. The third-order valence-corrected chi connectivity index (χ3v) is 2.85. The van der Waals surface area contributed by atoms with Crippen LogP contribution in [0.4, 0.5) is 13.2 Å². The Morgan fingerprint density at radius 1 is 1.23 bits per heavy atom. The van der Waals surface area contributed by atoms with Crippen molar-refractivity contribution in [2.24, 2.45) is 17.8 Å². The average Bonchev–Trinajstić information content (AvgIpc) is 2.48. The van der Waals surface area contributed by atoms with E-state index >= 15 is 0 Å². The number of hydrogen-bond donors (Lipinski definition) is 1. The van der Waals surface area contributed by atoms with Crippen molar-refractivity contribution in [3.63, 3.8) is 0 Å². The molecule has 1 saturated heterocycles. The zero-order valence-electron chi connectivity index (χ0n) is 7.10. The number of rotatable bonds is 3. The van der Waals surface area contributed by atoms with Gasteiger partial charge >= 0.3 is 6.18 Å². The van der Waals surface area contributed by atoms with Gasteiger partial charge in [0.15, 0.2) is 0 Å². The molecule has 1 heterocycles. The molecule has 0 aromatic rings. The van der Waals surface area contributed by atoms with Crippen molar-refractivity contribution < 1.29 is 17.9 Å². The topological polar surface area (TPSA) is 21.3 Å². The molecular formula is C8H12F3NO. The molecule has 0 aromatic heterocycles. The van der Waals surface area contributed by atoms with Gasteiger partial charge in [-0.2, -0.15) is 13.2 Å². The molecule has 1 N–H and O–H groups in total. The highest BCUT2D eigenvalue weighted by atomic mass is 19.4. The molecule has 1 saturated carbocycles. The quantitative estimate of drug-likeness (QED) is 0.726. The van der Waals surface area contributed by atoms with Crippen LogP contribution in [0.2, 0.25) is 0 Å². The SMILES string of the molecule is FC(F)(F)COC[C@H]1[C@@H]2CNC[C@@H]21. The van der Waals surface area contributed by atoms with E-state index in [1.807, 2.05) is 0 Å².